The van der Waals surface area contributed by atoms with E-state index in [4.69, 9.17) is 17.3 Å². The molecule has 0 amide bonds. The predicted octanol–water partition coefficient (Wildman–Crippen LogP) is 3.20. The fourth-order valence-corrected chi connectivity index (χ4v) is 4.68. The third kappa shape index (κ3) is 3.19. The third-order valence-corrected chi connectivity index (χ3v) is 6.34. The van der Waals surface area contributed by atoms with Crippen molar-refractivity contribution in [2.24, 2.45) is 7.05 Å². The van der Waals surface area contributed by atoms with E-state index in [9.17, 15) is 4.39 Å². The highest BCUT2D eigenvalue weighted by atomic mass is 32.1. The largest absolute Gasteiger partial charge is 0.309 e. The van der Waals surface area contributed by atoms with Crippen LogP contribution in [0.15, 0.2) is 41.8 Å². The molecule has 25 heavy (non-hydrogen) atoms. The highest BCUT2D eigenvalue weighted by Crippen LogP contribution is 2.23. The van der Waals surface area contributed by atoms with E-state index in [0.29, 0.717) is 10.8 Å². The molecule has 0 saturated carbocycles. The number of likely N-dealkylation sites (tertiary alicyclic amines) is 1. The molecule has 0 radical (unpaired) electrons. The van der Waals surface area contributed by atoms with Crippen molar-refractivity contribution in [3.05, 3.63) is 57.2 Å². The molecule has 0 aliphatic carbocycles. The van der Waals surface area contributed by atoms with Gasteiger partial charge in [-0.2, -0.15) is 4.68 Å². The van der Waals surface area contributed by atoms with Crippen molar-refractivity contribution in [3.8, 4) is 11.4 Å². The van der Waals surface area contributed by atoms with Crippen LogP contribution in [-0.2, 0) is 13.7 Å². The van der Waals surface area contributed by atoms with Crippen LogP contribution in [0.5, 0.6) is 0 Å². The summed E-state index contributed by atoms with van der Waals surface area (Å²) in [6.07, 6.45) is 2.43. The van der Waals surface area contributed by atoms with Crippen LogP contribution in [0.2, 0.25) is 0 Å². The second-order valence-electron chi connectivity index (χ2n) is 6.45. The van der Waals surface area contributed by atoms with Crippen LogP contribution in [-0.4, -0.2) is 20.9 Å². The Morgan fingerprint density at radius 3 is 2.84 bits per heavy atom. The maximum atomic E-state index is 13.2. The summed E-state index contributed by atoms with van der Waals surface area (Å²) < 4.78 is 17.7. The summed E-state index contributed by atoms with van der Waals surface area (Å²) in [7, 11) is 1.92. The minimum atomic E-state index is -0.246. The van der Waals surface area contributed by atoms with Crippen molar-refractivity contribution in [3.63, 3.8) is 0 Å². The molecule has 0 bridgehead atoms. The van der Waals surface area contributed by atoms with E-state index in [1.807, 2.05) is 27.6 Å². The molecule has 1 N–H and O–H groups in total. The number of rotatable bonds is 4. The Morgan fingerprint density at radius 1 is 1.32 bits per heavy atom. The second-order valence-corrected chi connectivity index (χ2v) is 7.79. The van der Waals surface area contributed by atoms with E-state index < -0.39 is 0 Å². The monoisotopic (exact) mass is 375 g/mol. The average Bonchev–Trinajstić information content (AvgIpc) is 3.33. The Hall–Kier alpha value is -1.83. The molecule has 3 aromatic rings. The van der Waals surface area contributed by atoms with E-state index in [2.05, 4.69) is 17.5 Å². The quantitative estimate of drug-likeness (QED) is 0.709. The summed E-state index contributed by atoms with van der Waals surface area (Å²) in [5.41, 5.74) is 0.875. The van der Waals surface area contributed by atoms with Gasteiger partial charge >= 0.3 is 0 Å². The molecule has 2 atom stereocenters. The van der Waals surface area contributed by atoms with E-state index in [-0.39, 0.29) is 5.82 Å². The number of nitrogens with one attached hydrogen (secondary N) is 1. The number of thiophene rings is 1. The molecule has 4 rings (SSSR count). The summed E-state index contributed by atoms with van der Waals surface area (Å²) in [6, 6.07) is 11.3. The minimum Gasteiger partial charge on any atom is -0.309 e. The van der Waals surface area contributed by atoms with Gasteiger partial charge in [0.1, 0.15) is 11.9 Å². The Balaban J connectivity index is 1.62. The molecule has 3 heterocycles. The van der Waals surface area contributed by atoms with Crippen LogP contribution in [0, 0.1) is 10.6 Å². The standard InChI is InChI=1S/C18H19FN4S2/c1-21-17(13-6-8-14(19)9-7-13)20-23(18(21)24)12-22-10-2-4-15(22)16-5-3-11-25-16/h3,5-9,11,15H,2,4,10,12H2,1H3/p+1/t15-/m0/s1. The maximum Gasteiger partial charge on any atom is 0.202 e. The summed E-state index contributed by atoms with van der Waals surface area (Å²) >= 11 is 7.42. The maximum absolute atomic E-state index is 13.2. The van der Waals surface area contributed by atoms with Gasteiger partial charge in [-0.05, 0) is 47.9 Å². The van der Waals surface area contributed by atoms with Gasteiger partial charge in [0, 0.05) is 25.5 Å². The lowest BCUT2D eigenvalue weighted by Crippen LogP contribution is -3.09. The summed E-state index contributed by atoms with van der Waals surface area (Å²) in [5, 5.41) is 6.87. The first-order valence-corrected chi connectivity index (χ1v) is 9.70. The van der Waals surface area contributed by atoms with Gasteiger partial charge in [0.2, 0.25) is 4.77 Å². The van der Waals surface area contributed by atoms with Crippen molar-refractivity contribution >= 4 is 23.6 Å². The number of aromatic nitrogens is 3. The van der Waals surface area contributed by atoms with Gasteiger partial charge in [0.05, 0.1) is 11.4 Å². The van der Waals surface area contributed by atoms with Crippen LogP contribution in [0.25, 0.3) is 11.4 Å². The van der Waals surface area contributed by atoms with Crippen LogP contribution < -0.4 is 4.90 Å². The molecular weight excluding hydrogens is 355 g/mol. The number of halogens is 1. The number of benzene rings is 1. The Kier molecular flexibility index (Phi) is 4.54. The summed E-state index contributed by atoms with van der Waals surface area (Å²) in [5.74, 6) is 0.529. The first kappa shape index (κ1) is 16.6. The molecule has 4 nitrogen and oxygen atoms in total. The lowest BCUT2D eigenvalue weighted by Gasteiger charge is -2.20. The number of hydrogen-bond acceptors (Lipinski definition) is 3. The van der Waals surface area contributed by atoms with Gasteiger partial charge < -0.3 is 9.47 Å². The van der Waals surface area contributed by atoms with Crippen molar-refractivity contribution in [1.82, 2.24) is 14.3 Å². The zero-order chi connectivity index (χ0) is 17.4. The highest BCUT2D eigenvalue weighted by Gasteiger charge is 2.31. The van der Waals surface area contributed by atoms with E-state index >= 15 is 0 Å². The lowest BCUT2D eigenvalue weighted by atomic mass is 10.2. The van der Waals surface area contributed by atoms with Crippen LogP contribution in [0.1, 0.15) is 23.8 Å². The Morgan fingerprint density at radius 2 is 2.12 bits per heavy atom. The molecule has 1 unspecified atom stereocenters. The molecule has 1 aromatic carbocycles. The number of hydrogen-bond donors (Lipinski definition) is 1. The molecule has 1 fully saturated rings. The minimum absolute atomic E-state index is 0.246. The van der Waals surface area contributed by atoms with Gasteiger partial charge in [-0.15, -0.1) is 16.4 Å². The van der Waals surface area contributed by atoms with Gasteiger partial charge in [-0.3, -0.25) is 0 Å². The topological polar surface area (TPSA) is 27.2 Å². The van der Waals surface area contributed by atoms with Crippen molar-refractivity contribution in [2.75, 3.05) is 6.54 Å². The molecule has 1 saturated heterocycles. The Bertz CT molecular complexity index is 912. The van der Waals surface area contributed by atoms with Crippen molar-refractivity contribution < 1.29 is 9.29 Å². The van der Waals surface area contributed by atoms with E-state index in [1.165, 1.54) is 34.8 Å². The zero-order valence-electron chi connectivity index (χ0n) is 14.0. The molecule has 7 heteroatoms. The van der Waals surface area contributed by atoms with Gasteiger partial charge in [-0.1, -0.05) is 6.07 Å². The van der Waals surface area contributed by atoms with Crippen LogP contribution in [0.4, 0.5) is 4.39 Å². The van der Waals surface area contributed by atoms with Gasteiger partial charge in [-0.25, -0.2) is 4.39 Å². The molecular formula is C18H20FN4S2+. The number of nitrogens with zero attached hydrogens (tertiary/aromatic N) is 3. The van der Waals surface area contributed by atoms with E-state index in [1.54, 1.807) is 12.1 Å². The molecule has 130 valence electrons. The zero-order valence-corrected chi connectivity index (χ0v) is 15.6. The molecule has 1 aliphatic heterocycles. The van der Waals surface area contributed by atoms with Crippen molar-refractivity contribution in [2.45, 2.75) is 25.6 Å². The SMILES string of the molecule is Cn1c(-c2ccc(F)cc2)nn(C[NH+]2CCC[C@H]2c2cccs2)c1=S. The normalized spacial score (nSPS) is 20.2. The van der Waals surface area contributed by atoms with Crippen molar-refractivity contribution in [1.29, 1.82) is 0 Å². The van der Waals surface area contributed by atoms with E-state index in [0.717, 1.165) is 24.6 Å². The predicted molar refractivity (Wildman–Crippen MR) is 99.5 cm³/mol. The third-order valence-electron chi connectivity index (χ3n) is 4.87. The second kappa shape index (κ2) is 6.82. The first-order chi connectivity index (χ1) is 12.1. The average molecular weight is 376 g/mol. The summed E-state index contributed by atoms with van der Waals surface area (Å²) in [4.78, 5) is 2.94. The number of quaternary nitrogens is 1. The van der Waals surface area contributed by atoms with Gasteiger partial charge in [0.15, 0.2) is 12.5 Å². The lowest BCUT2D eigenvalue weighted by molar-refractivity contribution is -0.941. The summed E-state index contributed by atoms with van der Waals surface area (Å²) in [6.45, 7) is 1.89. The highest BCUT2D eigenvalue weighted by molar-refractivity contribution is 7.71. The molecule has 1 aliphatic rings. The molecule has 2 aromatic heterocycles. The van der Waals surface area contributed by atoms with Gasteiger partial charge in [0.25, 0.3) is 0 Å². The van der Waals surface area contributed by atoms with Crippen LogP contribution >= 0.6 is 23.6 Å². The smallest absolute Gasteiger partial charge is 0.202 e. The first-order valence-electron chi connectivity index (χ1n) is 8.41. The molecule has 0 spiro atoms. The fourth-order valence-electron chi connectivity index (χ4n) is 3.57. The van der Waals surface area contributed by atoms with Crippen LogP contribution in [0.3, 0.4) is 0 Å². The Labute approximate surface area is 155 Å². The fraction of sp³-hybridized carbons (Fsp3) is 0.333.